The van der Waals surface area contributed by atoms with Gasteiger partial charge in [0.05, 0.1) is 0 Å². The lowest BCUT2D eigenvalue weighted by Crippen LogP contribution is -2.41. The Kier molecular flexibility index (Phi) is 5.62. The van der Waals surface area contributed by atoms with Gasteiger partial charge >= 0.3 is 0 Å². The third-order valence-electron chi connectivity index (χ3n) is 3.90. The highest BCUT2D eigenvalue weighted by Crippen LogP contribution is 2.42. The summed E-state index contributed by atoms with van der Waals surface area (Å²) < 4.78 is 0. The second-order valence-electron chi connectivity index (χ2n) is 5.25. The van der Waals surface area contributed by atoms with Crippen LogP contribution in [0.5, 0.6) is 0 Å². The quantitative estimate of drug-likeness (QED) is 0.645. The molecule has 1 aliphatic carbocycles. The Morgan fingerprint density at radius 1 is 1.13 bits per heavy atom. The highest BCUT2D eigenvalue weighted by Gasteiger charge is 2.34. The molecule has 0 saturated heterocycles. The van der Waals surface area contributed by atoms with Gasteiger partial charge < -0.3 is 10.6 Å². The number of hydrogen-bond acceptors (Lipinski definition) is 2. The van der Waals surface area contributed by atoms with Gasteiger partial charge in [0.25, 0.3) is 0 Å². The van der Waals surface area contributed by atoms with E-state index in [9.17, 15) is 0 Å². The number of rotatable bonds is 8. The fourth-order valence-electron chi connectivity index (χ4n) is 2.38. The van der Waals surface area contributed by atoms with Crippen molar-refractivity contribution in [2.45, 2.75) is 46.5 Å². The lowest BCUT2D eigenvalue weighted by atomic mass is 9.67. The van der Waals surface area contributed by atoms with Crippen molar-refractivity contribution in [3.63, 3.8) is 0 Å². The van der Waals surface area contributed by atoms with Crippen LogP contribution in [0.25, 0.3) is 0 Å². The highest BCUT2D eigenvalue weighted by molar-refractivity contribution is 4.88. The van der Waals surface area contributed by atoms with Gasteiger partial charge in [-0.3, -0.25) is 0 Å². The summed E-state index contributed by atoms with van der Waals surface area (Å²) in [5.74, 6) is 0.749. The summed E-state index contributed by atoms with van der Waals surface area (Å²) in [6.45, 7) is 11.4. The van der Waals surface area contributed by atoms with Gasteiger partial charge in [-0.1, -0.05) is 27.2 Å². The molecule has 2 N–H and O–H groups in total. The van der Waals surface area contributed by atoms with Crippen molar-refractivity contribution in [3.8, 4) is 0 Å². The maximum absolute atomic E-state index is 3.65. The van der Waals surface area contributed by atoms with Crippen LogP contribution >= 0.6 is 0 Å². The van der Waals surface area contributed by atoms with Gasteiger partial charge in [-0.15, -0.1) is 0 Å². The van der Waals surface area contributed by atoms with Crippen LogP contribution in [-0.2, 0) is 0 Å². The summed E-state index contributed by atoms with van der Waals surface area (Å²) in [6.07, 6.45) is 5.68. The van der Waals surface area contributed by atoms with E-state index in [1.165, 1.54) is 32.2 Å². The van der Waals surface area contributed by atoms with Crippen LogP contribution in [0.2, 0.25) is 0 Å². The first-order chi connectivity index (χ1) is 7.22. The third kappa shape index (κ3) is 4.12. The number of hydrogen-bond donors (Lipinski definition) is 2. The minimum absolute atomic E-state index is 0.665. The van der Waals surface area contributed by atoms with E-state index in [2.05, 4.69) is 31.4 Å². The molecule has 2 heteroatoms. The van der Waals surface area contributed by atoms with E-state index in [1.54, 1.807) is 0 Å². The minimum atomic E-state index is 0.665. The summed E-state index contributed by atoms with van der Waals surface area (Å²) in [5.41, 5.74) is 0.665. The topological polar surface area (TPSA) is 24.1 Å². The van der Waals surface area contributed by atoms with E-state index in [0.717, 1.165) is 25.6 Å². The molecule has 1 saturated carbocycles. The Balaban J connectivity index is 2.04. The summed E-state index contributed by atoms with van der Waals surface area (Å²) in [6, 6.07) is 0. The molecule has 0 aliphatic heterocycles. The van der Waals surface area contributed by atoms with Crippen molar-refractivity contribution in [1.82, 2.24) is 10.6 Å². The van der Waals surface area contributed by atoms with Gasteiger partial charge in [-0.05, 0) is 50.2 Å². The predicted octanol–water partition coefficient (Wildman–Crippen LogP) is 2.40. The molecule has 0 aromatic rings. The van der Waals surface area contributed by atoms with Crippen molar-refractivity contribution in [1.29, 1.82) is 0 Å². The largest absolute Gasteiger partial charge is 0.317 e. The Hall–Kier alpha value is -0.0800. The average Bonchev–Trinajstić information content (AvgIpc) is 2.19. The van der Waals surface area contributed by atoms with Gasteiger partial charge in [0.2, 0.25) is 0 Å². The molecule has 0 bridgehead atoms. The molecule has 0 aromatic carbocycles. The second kappa shape index (κ2) is 6.49. The van der Waals surface area contributed by atoms with Crippen LogP contribution in [-0.4, -0.2) is 26.2 Å². The molecular weight excluding hydrogens is 184 g/mol. The van der Waals surface area contributed by atoms with Crippen molar-refractivity contribution in [3.05, 3.63) is 0 Å². The van der Waals surface area contributed by atoms with Crippen molar-refractivity contribution >= 4 is 0 Å². The van der Waals surface area contributed by atoms with Crippen molar-refractivity contribution < 1.29 is 0 Å². The molecule has 1 rings (SSSR count). The van der Waals surface area contributed by atoms with Crippen molar-refractivity contribution in [2.24, 2.45) is 11.3 Å². The van der Waals surface area contributed by atoms with E-state index < -0.39 is 0 Å². The van der Waals surface area contributed by atoms with Gasteiger partial charge in [-0.25, -0.2) is 0 Å². The minimum Gasteiger partial charge on any atom is -0.317 e. The summed E-state index contributed by atoms with van der Waals surface area (Å²) in [5, 5.41) is 7.05. The Morgan fingerprint density at radius 3 is 2.27 bits per heavy atom. The van der Waals surface area contributed by atoms with E-state index in [-0.39, 0.29) is 0 Å². The van der Waals surface area contributed by atoms with Crippen LogP contribution in [0, 0.1) is 11.3 Å². The monoisotopic (exact) mass is 212 g/mol. The zero-order valence-corrected chi connectivity index (χ0v) is 10.7. The first-order valence-electron chi connectivity index (χ1n) is 6.64. The lowest BCUT2D eigenvalue weighted by molar-refractivity contribution is 0.122. The molecule has 0 radical (unpaired) electrons. The van der Waals surface area contributed by atoms with E-state index in [0.29, 0.717) is 5.41 Å². The first kappa shape index (κ1) is 13.0. The average molecular weight is 212 g/mol. The zero-order valence-electron chi connectivity index (χ0n) is 10.7. The molecule has 1 aliphatic rings. The van der Waals surface area contributed by atoms with Gasteiger partial charge in [0.1, 0.15) is 0 Å². The molecule has 1 fully saturated rings. The Labute approximate surface area is 95.2 Å². The fourth-order valence-corrected chi connectivity index (χ4v) is 2.38. The van der Waals surface area contributed by atoms with Gasteiger partial charge in [-0.2, -0.15) is 0 Å². The van der Waals surface area contributed by atoms with E-state index in [1.807, 2.05) is 0 Å². The van der Waals surface area contributed by atoms with Crippen LogP contribution in [0.1, 0.15) is 46.5 Å². The van der Waals surface area contributed by atoms with Crippen LogP contribution in [0.4, 0.5) is 0 Å². The van der Waals surface area contributed by atoms with Gasteiger partial charge in [0.15, 0.2) is 0 Å². The van der Waals surface area contributed by atoms with Crippen LogP contribution in [0.3, 0.4) is 0 Å². The lowest BCUT2D eigenvalue weighted by Gasteiger charge is -2.41. The first-order valence-corrected chi connectivity index (χ1v) is 6.64. The maximum atomic E-state index is 3.65. The molecule has 90 valence electrons. The van der Waals surface area contributed by atoms with Crippen LogP contribution in [0.15, 0.2) is 0 Å². The molecule has 1 unspecified atom stereocenters. The van der Waals surface area contributed by atoms with Crippen molar-refractivity contribution in [2.75, 3.05) is 26.2 Å². The molecule has 1 atom stereocenters. The normalized spacial score (nSPS) is 21.0. The molecule has 0 aromatic heterocycles. The maximum Gasteiger partial charge on any atom is 0.000783 e. The Bertz CT molecular complexity index is 158. The summed E-state index contributed by atoms with van der Waals surface area (Å²) >= 11 is 0. The fraction of sp³-hybridized carbons (Fsp3) is 1.00. The SMILES string of the molecule is CCNCC(C)CNCC1(CC)CCC1. The predicted molar refractivity (Wildman–Crippen MR) is 67.2 cm³/mol. The summed E-state index contributed by atoms with van der Waals surface area (Å²) in [4.78, 5) is 0. The standard InChI is InChI=1S/C13H28N2/c1-4-13(7-6-8-13)11-15-10-12(3)9-14-5-2/h12,14-15H,4-11H2,1-3H3. The molecule has 0 heterocycles. The zero-order chi connectivity index (χ0) is 11.1. The Morgan fingerprint density at radius 2 is 1.80 bits per heavy atom. The summed E-state index contributed by atoms with van der Waals surface area (Å²) in [7, 11) is 0. The molecule has 15 heavy (non-hydrogen) atoms. The molecular formula is C13H28N2. The molecule has 0 spiro atoms. The smallest absolute Gasteiger partial charge is 0.000783 e. The molecule has 2 nitrogen and oxygen atoms in total. The number of nitrogens with one attached hydrogen (secondary N) is 2. The second-order valence-corrected chi connectivity index (χ2v) is 5.25. The van der Waals surface area contributed by atoms with E-state index >= 15 is 0 Å². The molecule has 0 amide bonds. The van der Waals surface area contributed by atoms with Crippen LogP contribution < -0.4 is 10.6 Å². The third-order valence-corrected chi connectivity index (χ3v) is 3.90. The highest BCUT2D eigenvalue weighted by atomic mass is 14.9. The van der Waals surface area contributed by atoms with E-state index in [4.69, 9.17) is 0 Å². The van der Waals surface area contributed by atoms with Gasteiger partial charge in [0, 0.05) is 6.54 Å².